The van der Waals surface area contributed by atoms with Gasteiger partial charge in [0, 0.05) is 24.7 Å². The van der Waals surface area contributed by atoms with E-state index in [0.717, 1.165) is 25.7 Å². The minimum Gasteiger partial charge on any atom is -0.465 e. The maximum Gasteiger partial charge on any atom is 0.302 e. The Morgan fingerprint density at radius 3 is 2.16 bits per heavy atom. The second-order valence-corrected chi connectivity index (χ2v) is 15.7. The molecule has 0 spiro atoms. The van der Waals surface area contributed by atoms with Crippen LogP contribution >= 0.6 is 0 Å². The molecule has 0 bridgehead atoms. The predicted octanol–water partition coefficient (Wildman–Crippen LogP) is 8.28. The highest BCUT2D eigenvalue weighted by Gasteiger charge is 2.69. The Kier molecular flexibility index (Phi) is 6.76. The van der Waals surface area contributed by atoms with Crippen LogP contribution in [0.5, 0.6) is 0 Å². The normalized spacial score (nSPS) is 45.5. The molecule has 0 N–H and O–H groups in total. The first kappa shape index (κ1) is 28.2. The zero-order valence-corrected chi connectivity index (χ0v) is 25.8. The van der Waals surface area contributed by atoms with Gasteiger partial charge >= 0.3 is 11.9 Å². The highest BCUT2D eigenvalue weighted by Crippen LogP contribution is 2.76. The van der Waals surface area contributed by atoms with Gasteiger partial charge in [0.1, 0.15) is 12.7 Å². The molecule has 0 radical (unpaired) electrons. The lowest BCUT2D eigenvalue weighted by Gasteiger charge is -2.72. The highest BCUT2D eigenvalue weighted by molar-refractivity contribution is 5.66. The highest BCUT2D eigenvalue weighted by atomic mass is 16.5. The summed E-state index contributed by atoms with van der Waals surface area (Å²) in [5.41, 5.74) is 4.29. The van der Waals surface area contributed by atoms with Crippen molar-refractivity contribution in [2.45, 2.75) is 133 Å². The lowest BCUT2D eigenvalue weighted by atomic mass is 9.33. The first-order valence-electron chi connectivity index (χ1n) is 15.7. The van der Waals surface area contributed by atoms with Crippen molar-refractivity contribution in [1.29, 1.82) is 0 Å². The number of hydrogen-bond donors (Lipinski definition) is 0. The predicted molar refractivity (Wildman–Crippen MR) is 151 cm³/mol. The van der Waals surface area contributed by atoms with Crippen molar-refractivity contribution in [1.82, 2.24) is 0 Å². The van der Waals surface area contributed by atoms with Crippen molar-refractivity contribution in [3.8, 4) is 0 Å². The molecule has 5 rings (SSSR count). The molecule has 0 saturated heterocycles. The molecular formula is C34H54O4. The maximum atomic E-state index is 11.9. The first-order valence-corrected chi connectivity index (χ1v) is 15.7. The Bertz CT molecular complexity index is 1020. The molecular weight excluding hydrogens is 472 g/mol. The number of rotatable bonds is 4. The van der Waals surface area contributed by atoms with E-state index < -0.39 is 0 Å². The maximum absolute atomic E-state index is 11.9. The van der Waals surface area contributed by atoms with Crippen LogP contribution in [0.3, 0.4) is 0 Å². The molecule has 0 amide bonds. The van der Waals surface area contributed by atoms with E-state index in [1.807, 2.05) is 0 Å². The Morgan fingerprint density at radius 1 is 0.816 bits per heavy atom. The van der Waals surface area contributed by atoms with Gasteiger partial charge in [-0.2, -0.15) is 0 Å². The lowest BCUT2D eigenvalue weighted by Crippen LogP contribution is -2.66. The fourth-order valence-corrected chi connectivity index (χ4v) is 11.6. The van der Waals surface area contributed by atoms with E-state index >= 15 is 0 Å². The Morgan fingerprint density at radius 2 is 1.53 bits per heavy atom. The number of esters is 2. The van der Waals surface area contributed by atoms with Gasteiger partial charge in [0.05, 0.1) is 0 Å². The Hall–Kier alpha value is -1.32. The third-order valence-corrected chi connectivity index (χ3v) is 13.6. The monoisotopic (exact) mass is 526 g/mol. The molecule has 5 aliphatic carbocycles. The molecule has 8 atom stereocenters. The van der Waals surface area contributed by atoms with E-state index in [0.29, 0.717) is 30.3 Å². The third-order valence-electron chi connectivity index (χ3n) is 13.6. The van der Waals surface area contributed by atoms with Gasteiger partial charge < -0.3 is 9.47 Å². The number of carbonyl (C=O) groups is 2. The summed E-state index contributed by atoms with van der Waals surface area (Å²) < 4.78 is 11.7. The quantitative estimate of drug-likeness (QED) is 0.273. The van der Waals surface area contributed by atoms with Crippen LogP contribution in [0.4, 0.5) is 0 Å². The number of hydrogen-bond acceptors (Lipinski definition) is 4. The summed E-state index contributed by atoms with van der Waals surface area (Å²) in [5, 5.41) is 0. The van der Waals surface area contributed by atoms with Crippen LogP contribution in [0.1, 0.15) is 127 Å². The van der Waals surface area contributed by atoms with Crippen LogP contribution in [0.2, 0.25) is 0 Å². The number of fused-ring (bicyclic) bond motifs is 7. The van der Waals surface area contributed by atoms with Gasteiger partial charge in [-0.25, -0.2) is 0 Å². The largest absolute Gasteiger partial charge is 0.465 e. The van der Waals surface area contributed by atoms with Crippen LogP contribution in [-0.2, 0) is 19.1 Å². The fraction of sp³-hybridized carbons (Fsp3) is 0.882. The summed E-state index contributed by atoms with van der Waals surface area (Å²) in [4.78, 5) is 23.8. The summed E-state index contributed by atoms with van der Waals surface area (Å²) >= 11 is 0. The Balaban J connectivity index is 1.52. The smallest absolute Gasteiger partial charge is 0.302 e. The summed E-state index contributed by atoms with van der Waals surface area (Å²) in [6.45, 7) is 21.1. The van der Waals surface area contributed by atoms with Crippen LogP contribution in [0.15, 0.2) is 11.1 Å². The van der Waals surface area contributed by atoms with Gasteiger partial charge in [0.25, 0.3) is 0 Å². The van der Waals surface area contributed by atoms with E-state index in [1.54, 1.807) is 25.0 Å². The second kappa shape index (κ2) is 9.10. The van der Waals surface area contributed by atoms with Crippen molar-refractivity contribution in [2.24, 2.45) is 50.7 Å². The fourth-order valence-electron chi connectivity index (χ4n) is 11.6. The zero-order chi connectivity index (χ0) is 27.9. The van der Waals surface area contributed by atoms with E-state index in [-0.39, 0.29) is 45.1 Å². The minimum atomic E-state index is -0.140. The summed E-state index contributed by atoms with van der Waals surface area (Å²) in [7, 11) is 0. The molecule has 214 valence electrons. The van der Waals surface area contributed by atoms with Crippen LogP contribution in [0.25, 0.3) is 0 Å². The van der Waals surface area contributed by atoms with Crippen LogP contribution < -0.4 is 0 Å². The van der Waals surface area contributed by atoms with Crippen molar-refractivity contribution >= 4 is 11.9 Å². The van der Waals surface area contributed by atoms with E-state index in [4.69, 9.17) is 9.47 Å². The summed E-state index contributed by atoms with van der Waals surface area (Å²) in [5.74, 6) is 2.15. The van der Waals surface area contributed by atoms with E-state index in [2.05, 4.69) is 48.5 Å². The molecule has 0 aromatic rings. The topological polar surface area (TPSA) is 52.6 Å². The molecule has 4 saturated carbocycles. The van der Waals surface area contributed by atoms with Gasteiger partial charge in [-0.3, -0.25) is 9.59 Å². The molecule has 0 aromatic carbocycles. The van der Waals surface area contributed by atoms with Crippen molar-refractivity contribution < 1.29 is 19.1 Å². The van der Waals surface area contributed by atoms with Crippen molar-refractivity contribution in [2.75, 3.05) is 6.61 Å². The van der Waals surface area contributed by atoms with Gasteiger partial charge in [0.15, 0.2) is 0 Å². The van der Waals surface area contributed by atoms with Gasteiger partial charge in [-0.15, -0.1) is 0 Å². The average Bonchev–Trinajstić information content (AvgIpc) is 3.20. The molecule has 0 aromatic heterocycles. The molecule has 4 unspecified atom stereocenters. The summed E-state index contributed by atoms with van der Waals surface area (Å²) in [6.07, 6.45) is 11.9. The average molecular weight is 527 g/mol. The zero-order valence-electron chi connectivity index (χ0n) is 25.8. The van der Waals surface area contributed by atoms with Crippen molar-refractivity contribution in [3.05, 3.63) is 11.1 Å². The number of carbonyl (C=O) groups excluding carboxylic acids is 2. The molecule has 5 aliphatic rings. The number of allylic oxidation sites excluding steroid dienone is 1. The van der Waals surface area contributed by atoms with Gasteiger partial charge in [-0.05, 0) is 104 Å². The van der Waals surface area contributed by atoms with Gasteiger partial charge in [-0.1, -0.05) is 59.6 Å². The molecule has 38 heavy (non-hydrogen) atoms. The van der Waals surface area contributed by atoms with E-state index in [1.165, 1.54) is 38.5 Å². The standard InChI is InChI=1S/C34H54O4/c1-21(2)24-12-17-34(20-37-22(3)35)19-18-32(8)25(29(24)34)10-11-27-31(7)15-14-28(38-23(4)36)30(5,6)26(31)13-16-33(27,32)9/h21,25-28H,10-20H2,1-9H3/t25?,26?,27?,28-,31-,32+,33?,34+/m0/s1. The third kappa shape index (κ3) is 3.80. The lowest BCUT2D eigenvalue weighted by molar-refractivity contribution is -0.233. The number of ether oxygens (including phenoxy) is 2. The molecule has 0 heterocycles. The van der Waals surface area contributed by atoms with E-state index in [9.17, 15) is 9.59 Å². The molecule has 4 fully saturated rings. The van der Waals surface area contributed by atoms with Crippen LogP contribution in [-0.4, -0.2) is 24.6 Å². The van der Waals surface area contributed by atoms with Crippen LogP contribution in [0, 0.1) is 50.7 Å². The second-order valence-electron chi connectivity index (χ2n) is 15.7. The SMILES string of the molecule is CC(=O)OC[C@]12CCC(C(C)C)=C1C1CCC3C(C)(CCC4C(C)(C)[C@@H](OC(C)=O)CC[C@@]43C)[C@]1(C)CC2. The van der Waals surface area contributed by atoms with Gasteiger partial charge in [0.2, 0.25) is 0 Å². The minimum absolute atomic E-state index is 0.00228. The summed E-state index contributed by atoms with van der Waals surface area (Å²) in [6, 6.07) is 0. The Labute approximate surface area is 232 Å². The van der Waals surface area contributed by atoms with Crippen molar-refractivity contribution in [3.63, 3.8) is 0 Å². The first-order chi connectivity index (χ1) is 17.6. The molecule has 4 nitrogen and oxygen atoms in total. The molecule has 0 aliphatic heterocycles. The molecule has 4 heteroatoms.